The maximum absolute atomic E-state index is 12.8. The molecule has 0 bridgehead atoms. The minimum Gasteiger partial charge on any atom is -0.489 e. The summed E-state index contributed by atoms with van der Waals surface area (Å²) in [6, 6.07) is 8.05. The van der Waals surface area contributed by atoms with Crippen LogP contribution >= 0.6 is 0 Å². The van der Waals surface area contributed by atoms with Crippen molar-refractivity contribution in [2.45, 2.75) is 58.6 Å². The molecule has 3 heteroatoms. The average molecular weight is 327 g/mol. The lowest BCUT2D eigenvalue weighted by Crippen LogP contribution is -2.36. The van der Waals surface area contributed by atoms with Crippen molar-refractivity contribution in [2.24, 2.45) is 11.8 Å². The first-order chi connectivity index (χ1) is 11.5. The van der Waals surface area contributed by atoms with Crippen LogP contribution in [0.2, 0.25) is 0 Å². The molecule has 1 saturated carbocycles. The molecule has 1 aromatic carbocycles. The van der Waals surface area contributed by atoms with Gasteiger partial charge in [-0.05, 0) is 50.5 Å². The molecule has 0 saturated heterocycles. The molecular weight excluding hydrogens is 298 g/mol. The van der Waals surface area contributed by atoms with Crippen molar-refractivity contribution in [3.05, 3.63) is 42.0 Å². The third-order valence-corrected chi connectivity index (χ3v) is 5.21. The van der Waals surface area contributed by atoms with Crippen molar-refractivity contribution in [1.29, 1.82) is 0 Å². The molecule has 0 spiro atoms. The van der Waals surface area contributed by atoms with E-state index in [1.54, 1.807) is 0 Å². The maximum Gasteiger partial charge on any atom is 0.223 e. The monoisotopic (exact) mass is 327 g/mol. The van der Waals surface area contributed by atoms with E-state index in [1.807, 2.05) is 30.0 Å². The van der Waals surface area contributed by atoms with Crippen LogP contribution in [-0.2, 0) is 11.3 Å². The lowest BCUT2D eigenvalue weighted by Gasteiger charge is -2.29. The summed E-state index contributed by atoms with van der Waals surface area (Å²) >= 11 is 0. The Morgan fingerprint density at radius 2 is 2.08 bits per heavy atom. The van der Waals surface area contributed by atoms with Gasteiger partial charge >= 0.3 is 0 Å². The smallest absolute Gasteiger partial charge is 0.223 e. The van der Waals surface area contributed by atoms with Crippen molar-refractivity contribution < 1.29 is 9.53 Å². The lowest BCUT2D eigenvalue weighted by molar-refractivity contribution is -0.132. The number of hydrogen-bond donors (Lipinski definition) is 0. The number of nitrogens with zero attached hydrogens (tertiary/aromatic N) is 1. The van der Waals surface area contributed by atoms with E-state index < -0.39 is 0 Å². The Morgan fingerprint density at radius 1 is 1.29 bits per heavy atom. The molecule has 24 heavy (non-hydrogen) atoms. The molecule has 2 aliphatic rings. The topological polar surface area (TPSA) is 29.5 Å². The van der Waals surface area contributed by atoms with Gasteiger partial charge in [-0.25, -0.2) is 0 Å². The summed E-state index contributed by atoms with van der Waals surface area (Å²) in [5, 5.41) is 0. The molecule has 0 radical (unpaired) electrons. The number of rotatable bonds is 3. The van der Waals surface area contributed by atoms with Crippen molar-refractivity contribution in [3.8, 4) is 5.75 Å². The van der Waals surface area contributed by atoms with Gasteiger partial charge in [0.05, 0.1) is 6.54 Å². The number of carbonyl (C=O) groups excluding carboxylic acids is 1. The predicted molar refractivity (Wildman–Crippen MR) is 96.8 cm³/mol. The SMILES string of the molecule is C=C1CC(C)CC(CCC(=O)N2Cc3ccccc3O[C@@H](C)C2)C1. The zero-order chi connectivity index (χ0) is 17.1. The van der Waals surface area contributed by atoms with Crippen molar-refractivity contribution >= 4 is 5.91 Å². The molecule has 1 fully saturated rings. The molecule has 1 aliphatic carbocycles. The highest BCUT2D eigenvalue weighted by molar-refractivity contribution is 5.76. The first kappa shape index (κ1) is 17.1. The molecule has 1 amide bonds. The van der Waals surface area contributed by atoms with Crippen LogP contribution in [0.4, 0.5) is 0 Å². The Bertz CT molecular complexity index is 610. The molecule has 0 aromatic heterocycles. The number of benzene rings is 1. The molecule has 3 nitrogen and oxygen atoms in total. The maximum atomic E-state index is 12.8. The fourth-order valence-corrected chi connectivity index (χ4v) is 4.20. The Morgan fingerprint density at radius 3 is 2.88 bits per heavy atom. The fraction of sp³-hybridized carbons (Fsp3) is 0.571. The quantitative estimate of drug-likeness (QED) is 0.761. The van der Waals surface area contributed by atoms with E-state index in [-0.39, 0.29) is 12.0 Å². The number of amides is 1. The summed E-state index contributed by atoms with van der Waals surface area (Å²) in [5.74, 6) is 2.51. The fourth-order valence-electron chi connectivity index (χ4n) is 4.20. The second kappa shape index (κ2) is 7.42. The van der Waals surface area contributed by atoms with Gasteiger partial charge in [0.15, 0.2) is 0 Å². The van der Waals surface area contributed by atoms with Gasteiger partial charge in [-0.3, -0.25) is 4.79 Å². The molecule has 2 unspecified atom stereocenters. The van der Waals surface area contributed by atoms with Crippen molar-refractivity contribution in [1.82, 2.24) is 4.90 Å². The molecule has 1 heterocycles. The Balaban J connectivity index is 1.59. The first-order valence-electron chi connectivity index (χ1n) is 9.20. The van der Waals surface area contributed by atoms with E-state index >= 15 is 0 Å². The zero-order valence-electron chi connectivity index (χ0n) is 15.0. The van der Waals surface area contributed by atoms with Gasteiger partial charge in [-0.1, -0.05) is 37.3 Å². The van der Waals surface area contributed by atoms with Gasteiger partial charge in [0.1, 0.15) is 11.9 Å². The van der Waals surface area contributed by atoms with Crippen LogP contribution in [0, 0.1) is 11.8 Å². The van der Waals surface area contributed by atoms with E-state index in [0.717, 1.165) is 30.6 Å². The Kier molecular flexibility index (Phi) is 5.27. The third kappa shape index (κ3) is 4.19. The number of allylic oxidation sites excluding steroid dienone is 1. The van der Waals surface area contributed by atoms with Crippen LogP contribution in [0.5, 0.6) is 5.75 Å². The summed E-state index contributed by atoms with van der Waals surface area (Å²) in [4.78, 5) is 14.7. The highest BCUT2D eigenvalue weighted by atomic mass is 16.5. The second-order valence-electron chi connectivity index (χ2n) is 7.71. The summed E-state index contributed by atoms with van der Waals surface area (Å²) in [6.07, 6.45) is 5.14. The largest absolute Gasteiger partial charge is 0.489 e. The van der Waals surface area contributed by atoms with Crippen LogP contribution in [-0.4, -0.2) is 23.5 Å². The lowest BCUT2D eigenvalue weighted by atomic mass is 9.78. The first-order valence-corrected chi connectivity index (χ1v) is 9.20. The van der Waals surface area contributed by atoms with Gasteiger partial charge in [-0.2, -0.15) is 0 Å². The van der Waals surface area contributed by atoms with Gasteiger partial charge in [0, 0.05) is 18.5 Å². The number of para-hydroxylation sites is 1. The van der Waals surface area contributed by atoms with Crippen LogP contribution in [0.25, 0.3) is 0 Å². The third-order valence-electron chi connectivity index (χ3n) is 5.21. The van der Waals surface area contributed by atoms with E-state index in [0.29, 0.717) is 31.3 Å². The van der Waals surface area contributed by atoms with Crippen LogP contribution in [0.1, 0.15) is 51.5 Å². The highest BCUT2D eigenvalue weighted by Crippen LogP contribution is 2.34. The molecular formula is C21H29NO2. The summed E-state index contributed by atoms with van der Waals surface area (Å²) < 4.78 is 5.95. The minimum atomic E-state index is 0.0343. The van der Waals surface area contributed by atoms with Gasteiger partial charge in [-0.15, -0.1) is 0 Å². The van der Waals surface area contributed by atoms with Gasteiger partial charge in [0.2, 0.25) is 5.91 Å². The minimum absolute atomic E-state index is 0.0343. The summed E-state index contributed by atoms with van der Waals surface area (Å²) in [7, 11) is 0. The zero-order valence-corrected chi connectivity index (χ0v) is 15.0. The Labute approximate surface area is 145 Å². The van der Waals surface area contributed by atoms with E-state index in [4.69, 9.17) is 4.74 Å². The van der Waals surface area contributed by atoms with E-state index in [2.05, 4.69) is 19.6 Å². The van der Waals surface area contributed by atoms with Crippen LogP contribution in [0.3, 0.4) is 0 Å². The summed E-state index contributed by atoms with van der Waals surface area (Å²) in [5.41, 5.74) is 2.46. The molecule has 3 rings (SSSR count). The number of ether oxygens (including phenoxy) is 1. The number of hydrogen-bond acceptors (Lipinski definition) is 2. The standard InChI is InChI=1S/C21H29NO2/c1-15-10-16(2)12-18(11-15)8-9-21(23)22-13-17(3)24-20-7-5-4-6-19(20)14-22/h4-7,16-18H,1,8-14H2,2-3H3/t16?,17-,18?/m0/s1. The number of carbonyl (C=O) groups is 1. The van der Waals surface area contributed by atoms with Gasteiger partial charge < -0.3 is 9.64 Å². The van der Waals surface area contributed by atoms with Gasteiger partial charge in [0.25, 0.3) is 0 Å². The Hall–Kier alpha value is -1.77. The number of fused-ring (bicyclic) bond motifs is 1. The molecule has 3 atom stereocenters. The molecule has 130 valence electrons. The predicted octanol–water partition coefficient (Wildman–Crippen LogP) is 4.57. The second-order valence-corrected chi connectivity index (χ2v) is 7.71. The average Bonchev–Trinajstić information content (AvgIpc) is 2.69. The van der Waals surface area contributed by atoms with Crippen molar-refractivity contribution in [2.75, 3.05) is 6.54 Å². The normalized spacial score (nSPS) is 27.2. The van der Waals surface area contributed by atoms with E-state index in [1.165, 1.54) is 12.0 Å². The molecule has 1 aliphatic heterocycles. The van der Waals surface area contributed by atoms with Crippen LogP contribution < -0.4 is 4.74 Å². The molecule has 0 N–H and O–H groups in total. The highest BCUT2D eigenvalue weighted by Gasteiger charge is 2.26. The molecule has 1 aromatic rings. The van der Waals surface area contributed by atoms with E-state index in [9.17, 15) is 4.79 Å². The summed E-state index contributed by atoms with van der Waals surface area (Å²) in [6.45, 7) is 9.83. The van der Waals surface area contributed by atoms with Crippen molar-refractivity contribution in [3.63, 3.8) is 0 Å². The van der Waals surface area contributed by atoms with Crippen LogP contribution in [0.15, 0.2) is 36.4 Å².